The zero-order valence-corrected chi connectivity index (χ0v) is 10.2. The van der Waals surface area contributed by atoms with E-state index in [1.54, 1.807) is 0 Å². The summed E-state index contributed by atoms with van der Waals surface area (Å²) in [6.45, 7) is 0. The predicted octanol–water partition coefficient (Wildman–Crippen LogP) is 3.75. The summed E-state index contributed by atoms with van der Waals surface area (Å²) in [5.41, 5.74) is 4.60. The van der Waals surface area contributed by atoms with Crippen LogP contribution in [-0.2, 0) is 7.05 Å². The summed E-state index contributed by atoms with van der Waals surface area (Å²) in [7, 11) is 2.05. The number of hydrogen-bond donors (Lipinski definition) is 0. The summed E-state index contributed by atoms with van der Waals surface area (Å²) in [6.07, 6.45) is 3.91. The van der Waals surface area contributed by atoms with Crippen molar-refractivity contribution in [3.63, 3.8) is 0 Å². The molecule has 2 nitrogen and oxygen atoms in total. The maximum atomic E-state index is 4.45. The van der Waals surface area contributed by atoms with Gasteiger partial charge in [0.1, 0.15) is 0 Å². The molecule has 0 bridgehead atoms. The summed E-state index contributed by atoms with van der Waals surface area (Å²) in [5.74, 6) is 0. The lowest BCUT2D eigenvalue weighted by Crippen LogP contribution is -1.93. The molecular weight excluding hydrogens is 220 g/mol. The Hall–Kier alpha value is -2.35. The normalized spacial score (nSPS) is 10.5. The number of pyridine rings is 1. The number of rotatable bonds is 2. The first kappa shape index (κ1) is 10.8. The van der Waals surface area contributed by atoms with Crippen LogP contribution in [0.3, 0.4) is 0 Å². The van der Waals surface area contributed by atoms with Crippen molar-refractivity contribution in [2.24, 2.45) is 7.05 Å². The van der Waals surface area contributed by atoms with Crippen LogP contribution < -0.4 is 0 Å². The highest BCUT2D eigenvalue weighted by Gasteiger charge is 2.11. The highest BCUT2D eigenvalue weighted by atomic mass is 14.9. The fourth-order valence-electron chi connectivity index (χ4n) is 2.20. The Morgan fingerprint density at radius 2 is 1.67 bits per heavy atom. The molecule has 0 aliphatic rings. The average Bonchev–Trinajstić information content (AvgIpc) is 2.83. The third-order valence-corrected chi connectivity index (χ3v) is 3.06. The minimum Gasteiger partial charge on any atom is -0.349 e. The first-order valence-corrected chi connectivity index (χ1v) is 5.98. The van der Waals surface area contributed by atoms with Crippen molar-refractivity contribution >= 4 is 0 Å². The second-order valence-electron chi connectivity index (χ2n) is 4.27. The highest BCUT2D eigenvalue weighted by molar-refractivity contribution is 5.80. The molecule has 0 atom stereocenters. The van der Waals surface area contributed by atoms with E-state index in [1.165, 1.54) is 11.1 Å². The van der Waals surface area contributed by atoms with Crippen molar-refractivity contribution in [3.05, 3.63) is 67.0 Å². The van der Waals surface area contributed by atoms with Crippen molar-refractivity contribution < 1.29 is 0 Å². The molecule has 0 amide bonds. The van der Waals surface area contributed by atoms with E-state index in [2.05, 4.69) is 53.1 Å². The molecule has 0 saturated heterocycles. The summed E-state index contributed by atoms with van der Waals surface area (Å²) in [5, 5.41) is 0. The Kier molecular flexibility index (Phi) is 2.69. The molecule has 0 unspecified atom stereocenters. The van der Waals surface area contributed by atoms with Crippen LogP contribution in [0.15, 0.2) is 67.0 Å². The number of nitrogens with zero attached hydrogens (tertiary/aromatic N) is 2. The van der Waals surface area contributed by atoms with Gasteiger partial charge in [0.15, 0.2) is 0 Å². The monoisotopic (exact) mass is 234 g/mol. The fraction of sp³-hybridized carbons (Fsp3) is 0.0625. The summed E-state index contributed by atoms with van der Waals surface area (Å²) in [6, 6.07) is 18.5. The van der Waals surface area contributed by atoms with Gasteiger partial charge in [-0.25, -0.2) is 0 Å². The van der Waals surface area contributed by atoms with Crippen LogP contribution in [0.25, 0.3) is 22.5 Å². The Morgan fingerprint density at radius 3 is 2.39 bits per heavy atom. The smallest absolute Gasteiger partial charge is 0.0872 e. The van der Waals surface area contributed by atoms with Crippen molar-refractivity contribution in [1.82, 2.24) is 9.55 Å². The van der Waals surface area contributed by atoms with Gasteiger partial charge >= 0.3 is 0 Å². The zero-order valence-electron chi connectivity index (χ0n) is 10.2. The molecule has 0 aliphatic heterocycles. The largest absolute Gasteiger partial charge is 0.349 e. The second-order valence-corrected chi connectivity index (χ2v) is 4.27. The average molecular weight is 234 g/mol. The van der Waals surface area contributed by atoms with Crippen molar-refractivity contribution in [2.45, 2.75) is 0 Å². The van der Waals surface area contributed by atoms with E-state index in [4.69, 9.17) is 0 Å². The minimum absolute atomic E-state index is 1.00. The Morgan fingerprint density at radius 1 is 0.889 bits per heavy atom. The molecule has 1 aromatic carbocycles. The van der Waals surface area contributed by atoms with E-state index >= 15 is 0 Å². The van der Waals surface area contributed by atoms with Gasteiger partial charge in [-0.15, -0.1) is 0 Å². The maximum Gasteiger partial charge on any atom is 0.0872 e. The third kappa shape index (κ3) is 1.82. The van der Waals surface area contributed by atoms with Crippen LogP contribution in [0.5, 0.6) is 0 Å². The number of hydrogen-bond acceptors (Lipinski definition) is 1. The maximum absolute atomic E-state index is 4.45. The molecule has 0 fully saturated rings. The Balaban J connectivity index is 2.19. The van der Waals surface area contributed by atoms with Crippen molar-refractivity contribution in [1.29, 1.82) is 0 Å². The molecule has 2 aromatic heterocycles. The van der Waals surface area contributed by atoms with Crippen LogP contribution in [0, 0.1) is 0 Å². The lowest BCUT2D eigenvalue weighted by Gasteiger charge is -2.07. The Bertz CT molecular complexity index is 639. The summed E-state index contributed by atoms with van der Waals surface area (Å²) in [4.78, 5) is 4.45. The van der Waals surface area contributed by atoms with Crippen LogP contribution in [0.1, 0.15) is 0 Å². The summed E-state index contributed by atoms with van der Waals surface area (Å²) < 4.78 is 2.12. The van der Waals surface area contributed by atoms with Gasteiger partial charge in [0.05, 0.1) is 11.4 Å². The van der Waals surface area contributed by atoms with E-state index in [0.29, 0.717) is 0 Å². The fourth-order valence-corrected chi connectivity index (χ4v) is 2.20. The minimum atomic E-state index is 1.00. The molecule has 0 radical (unpaired) electrons. The molecule has 3 rings (SSSR count). The van der Waals surface area contributed by atoms with Gasteiger partial charge in [0.2, 0.25) is 0 Å². The van der Waals surface area contributed by atoms with Gasteiger partial charge in [-0.3, -0.25) is 4.98 Å². The van der Waals surface area contributed by atoms with Gasteiger partial charge in [-0.05, 0) is 23.8 Å². The van der Waals surface area contributed by atoms with Crippen molar-refractivity contribution in [3.8, 4) is 22.5 Å². The molecule has 0 N–H and O–H groups in total. The zero-order chi connectivity index (χ0) is 12.4. The van der Waals surface area contributed by atoms with Crippen LogP contribution >= 0.6 is 0 Å². The molecule has 3 aromatic rings. The standard InChI is InChI=1S/C16H14N2/c1-18-12-10-14(13-7-3-2-4-8-13)16(18)15-9-5-6-11-17-15/h2-12H,1H3. The lowest BCUT2D eigenvalue weighted by atomic mass is 10.0. The third-order valence-electron chi connectivity index (χ3n) is 3.06. The molecule has 0 aliphatic carbocycles. The first-order chi connectivity index (χ1) is 8.86. The van der Waals surface area contributed by atoms with Gasteiger partial charge in [0.25, 0.3) is 0 Å². The number of benzene rings is 1. The predicted molar refractivity (Wildman–Crippen MR) is 74.1 cm³/mol. The Labute approximate surface area is 107 Å². The van der Waals surface area contributed by atoms with E-state index < -0.39 is 0 Å². The first-order valence-electron chi connectivity index (χ1n) is 5.98. The molecule has 88 valence electrons. The highest BCUT2D eigenvalue weighted by Crippen LogP contribution is 2.31. The van der Waals surface area contributed by atoms with Gasteiger partial charge in [-0.2, -0.15) is 0 Å². The van der Waals surface area contributed by atoms with Crippen LogP contribution in [0.4, 0.5) is 0 Å². The van der Waals surface area contributed by atoms with Crippen molar-refractivity contribution in [2.75, 3.05) is 0 Å². The van der Waals surface area contributed by atoms with Crippen LogP contribution in [0.2, 0.25) is 0 Å². The van der Waals surface area contributed by atoms with Gasteiger partial charge in [-0.1, -0.05) is 36.4 Å². The number of aromatic nitrogens is 2. The summed E-state index contributed by atoms with van der Waals surface area (Å²) >= 11 is 0. The molecular formula is C16H14N2. The molecule has 18 heavy (non-hydrogen) atoms. The second kappa shape index (κ2) is 4.49. The topological polar surface area (TPSA) is 17.8 Å². The van der Waals surface area contributed by atoms with Crippen LogP contribution in [-0.4, -0.2) is 9.55 Å². The van der Waals surface area contributed by atoms with Gasteiger partial charge in [0, 0.05) is 25.0 Å². The number of aryl methyl sites for hydroxylation is 1. The SMILES string of the molecule is Cn1ccc(-c2ccccc2)c1-c1ccccn1. The molecule has 2 heterocycles. The molecule has 0 spiro atoms. The van der Waals surface area contributed by atoms with E-state index in [1.807, 2.05) is 30.5 Å². The quantitative estimate of drug-likeness (QED) is 0.660. The van der Waals surface area contributed by atoms with E-state index in [9.17, 15) is 0 Å². The van der Waals surface area contributed by atoms with E-state index in [0.717, 1.165) is 11.4 Å². The van der Waals surface area contributed by atoms with E-state index in [-0.39, 0.29) is 0 Å². The van der Waals surface area contributed by atoms with Gasteiger partial charge < -0.3 is 4.57 Å². The molecule has 2 heteroatoms. The lowest BCUT2D eigenvalue weighted by molar-refractivity contribution is 0.931. The molecule has 0 saturated carbocycles.